The predicted octanol–water partition coefficient (Wildman–Crippen LogP) is 4.56. The lowest BCUT2D eigenvalue weighted by atomic mass is 9.91. The van der Waals surface area contributed by atoms with Gasteiger partial charge in [-0.25, -0.2) is 4.79 Å². The fraction of sp³-hybridized carbons (Fsp3) is 0.606. The second-order valence-corrected chi connectivity index (χ2v) is 12.3. The molecule has 0 radical (unpaired) electrons. The van der Waals surface area contributed by atoms with Gasteiger partial charge in [0.1, 0.15) is 12.2 Å². The number of ether oxygens (including phenoxy) is 2. The van der Waals surface area contributed by atoms with E-state index in [0.717, 1.165) is 48.4 Å². The highest BCUT2D eigenvalue weighted by atomic mass is 16.6. The van der Waals surface area contributed by atoms with Gasteiger partial charge in [0, 0.05) is 50.7 Å². The van der Waals surface area contributed by atoms with E-state index < -0.39 is 24.3 Å². The van der Waals surface area contributed by atoms with Crippen molar-refractivity contribution in [2.24, 2.45) is 11.8 Å². The van der Waals surface area contributed by atoms with Crippen molar-refractivity contribution in [2.45, 2.75) is 78.1 Å². The molecule has 42 heavy (non-hydrogen) atoms. The Kier molecular flexibility index (Phi) is 10.8. The number of nitrogens with zero attached hydrogens (tertiary/aromatic N) is 3. The number of amides is 2. The minimum Gasteiger partial charge on any atom is -0.457 e. The lowest BCUT2D eigenvalue weighted by Gasteiger charge is -2.33. The highest BCUT2D eigenvalue weighted by Crippen LogP contribution is 2.29. The van der Waals surface area contributed by atoms with Crippen LogP contribution in [-0.4, -0.2) is 91.0 Å². The van der Waals surface area contributed by atoms with Gasteiger partial charge in [0.15, 0.2) is 0 Å². The fourth-order valence-corrected chi connectivity index (χ4v) is 5.88. The number of carbonyl (C=O) groups is 3. The summed E-state index contributed by atoms with van der Waals surface area (Å²) >= 11 is 0. The zero-order valence-electron chi connectivity index (χ0n) is 25.8. The maximum Gasteiger partial charge on any atom is 0.410 e. The number of carbonyl (C=O) groups excluding carboxylic acids is 3. The van der Waals surface area contributed by atoms with Gasteiger partial charge in [0.05, 0.1) is 12.5 Å². The Morgan fingerprint density at radius 1 is 1.07 bits per heavy atom. The molecule has 2 saturated heterocycles. The topological polar surface area (TPSA) is 99.6 Å². The number of rotatable bonds is 4. The third-order valence-electron chi connectivity index (χ3n) is 8.70. The van der Waals surface area contributed by atoms with Crippen molar-refractivity contribution in [1.29, 1.82) is 0 Å². The average molecular weight is 582 g/mol. The molecule has 0 saturated carbocycles. The SMILES string of the molecule is C/C(=C\c1ccc(C)c(N2CCCC2=O)c1)[C@H]1OC(=O)C[C@H](O)CC[C@H](C)[C@@H](OC(=O)N2CCN(C)CC2)/C=C/[C@@H]1C. The molecule has 2 amide bonds. The standard InChI is InChI=1S/C33H47N3O6/c1-22-8-11-26(20-28(22)36-14-6-7-30(36)38)19-25(4)32-24(3)10-13-29(23(2)9-12-27(37)21-31(39)42-32)41-33(40)35-17-15-34(5)16-18-35/h8,10-11,13,19-20,23-24,27,29,32,37H,6-7,9,12,14-18,21H2,1-5H3/b13-10+,25-19+/t23-,24-,27+,29-,32-/m0/s1. The first-order chi connectivity index (χ1) is 20.0. The molecule has 1 aromatic carbocycles. The maximum absolute atomic E-state index is 13.0. The minimum atomic E-state index is -0.838. The first-order valence-electron chi connectivity index (χ1n) is 15.3. The average Bonchev–Trinajstić information content (AvgIpc) is 3.38. The quantitative estimate of drug-likeness (QED) is 0.411. The summed E-state index contributed by atoms with van der Waals surface area (Å²) in [5.41, 5.74) is 3.70. The summed E-state index contributed by atoms with van der Waals surface area (Å²) in [6.45, 7) is 11.5. The molecule has 1 aromatic rings. The lowest BCUT2D eigenvalue weighted by Crippen LogP contribution is -2.48. The van der Waals surface area contributed by atoms with Crippen molar-refractivity contribution < 1.29 is 29.0 Å². The fourth-order valence-electron chi connectivity index (χ4n) is 5.88. The van der Waals surface area contributed by atoms with E-state index in [4.69, 9.17) is 9.47 Å². The van der Waals surface area contributed by atoms with Gasteiger partial charge >= 0.3 is 12.1 Å². The normalized spacial score (nSPS) is 29.5. The molecule has 3 aliphatic rings. The Labute approximate surface area is 250 Å². The third kappa shape index (κ3) is 8.22. The van der Waals surface area contributed by atoms with Crippen LogP contribution in [0.5, 0.6) is 0 Å². The molecule has 0 unspecified atom stereocenters. The molecule has 3 heterocycles. The number of benzene rings is 1. The van der Waals surface area contributed by atoms with Crippen LogP contribution < -0.4 is 4.90 Å². The molecule has 1 N–H and O–H groups in total. The molecule has 230 valence electrons. The first-order valence-corrected chi connectivity index (χ1v) is 15.3. The van der Waals surface area contributed by atoms with Gasteiger partial charge in [-0.05, 0) is 74.9 Å². The number of aliphatic hydroxyl groups is 1. The molecule has 5 atom stereocenters. The van der Waals surface area contributed by atoms with Crippen molar-refractivity contribution in [1.82, 2.24) is 9.80 Å². The predicted molar refractivity (Wildman–Crippen MR) is 163 cm³/mol. The Bertz CT molecular complexity index is 1190. The van der Waals surface area contributed by atoms with Crippen LogP contribution in [0.3, 0.4) is 0 Å². The van der Waals surface area contributed by atoms with Gasteiger partial charge in [-0.15, -0.1) is 0 Å². The molecule has 9 nitrogen and oxygen atoms in total. The van der Waals surface area contributed by atoms with Gasteiger partial charge in [0.2, 0.25) is 5.91 Å². The Morgan fingerprint density at radius 2 is 1.81 bits per heavy atom. The zero-order chi connectivity index (χ0) is 30.4. The number of anilines is 1. The largest absolute Gasteiger partial charge is 0.457 e. The van der Waals surface area contributed by atoms with Crippen molar-refractivity contribution >= 4 is 29.7 Å². The summed E-state index contributed by atoms with van der Waals surface area (Å²) in [7, 11) is 2.04. The van der Waals surface area contributed by atoms with E-state index in [1.165, 1.54) is 0 Å². The van der Waals surface area contributed by atoms with Crippen LogP contribution in [0.1, 0.15) is 64.0 Å². The van der Waals surface area contributed by atoms with Crippen LogP contribution in [0.4, 0.5) is 10.5 Å². The monoisotopic (exact) mass is 581 g/mol. The van der Waals surface area contributed by atoms with E-state index in [1.807, 2.05) is 76.1 Å². The third-order valence-corrected chi connectivity index (χ3v) is 8.70. The van der Waals surface area contributed by atoms with Crippen molar-refractivity contribution in [3.8, 4) is 0 Å². The second kappa shape index (κ2) is 14.3. The second-order valence-electron chi connectivity index (χ2n) is 12.3. The van der Waals surface area contributed by atoms with E-state index in [-0.39, 0.29) is 30.3 Å². The number of esters is 1. The number of likely N-dealkylation sites (N-methyl/N-ethyl adjacent to an activating group) is 1. The molecule has 0 spiro atoms. The molecule has 0 bridgehead atoms. The van der Waals surface area contributed by atoms with E-state index in [1.54, 1.807) is 4.90 Å². The summed E-state index contributed by atoms with van der Waals surface area (Å²) in [4.78, 5) is 44.1. The molecule has 0 aromatic heterocycles. The Balaban J connectivity index is 1.57. The highest BCUT2D eigenvalue weighted by Gasteiger charge is 2.29. The zero-order valence-corrected chi connectivity index (χ0v) is 25.8. The number of hydrogen-bond donors (Lipinski definition) is 1. The smallest absolute Gasteiger partial charge is 0.410 e. The van der Waals surface area contributed by atoms with E-state index in [2.05, 4.69) is 4.90 Å². The Hall–Kier alpha value is -3.17. The summed E-state index contributed by atoms with van der Waals surface area (Å²) < 4.78 is 12.0. The highest BCUT2D eigenvalue weighted by molar-refractivity contribution is 5.96. The summed E-state index contributed by atoms with van der Waals surface area (Å²) in [5, 5.41) is 10.6. The van der Waals surface area contributed by atoms with Crippen LogP contribution >= 0.6 is 0 Å². The molecular weight excluding hydrogens is 534 g/mol. The van der Waals surface area contributed by atoms with Crippen LogP contribution in [-0.2, 0) is 19.1 Å². The molecule has 9 heteroatoms. The van der Waals surface area contributed by atoms with Gasteiger partial charge in [0.25, 0.3) is 0 Å². The van der Waals surface area contributed by atoms with Crippen LogP contribution in [0.25, 0.3) is 6.08 Å². The van der Waals surface area contributed by atoms with E-state index in [9.17, 15) is 19.5 Å². The van der Waals surface area contributed by atoms with Gasteiger partial charge in [-0.2, -0.15) is 0 Å². The first kappa shape index (κ1) is 31.8. The van der Waals surface area contributed by atoms with Gasteiger partial charge < -0.3 is 29.3 Å². The summed E-state index contributed by atoms with van der Waals surface area (Å²) in [5.74, 6) is -0.564. The Morgan fingerprint density at radius 3 is 2.50 bits per heavy atom. The molecule has 0 aliphatic carbocycles. The number of hydrogen-bond acceptors (Lipinski definition) is 7. The van der Waals surface area contributed by atoms with Crippen molar-refractivity contribution in [2.75, 3.05) is 44.7 Å². The van der Waals surface area contributed by atoms with Crippen LogP contribution in [0.2, 0.25) is 0 Å². The molecule has 2 fully saturated rings. The summed E-state index contributed by atoms with van der Waals surface area (Å²) in [6.07, 6.45) is 5.99. The molecule has 4 rings (SSSR count). The van der Waals surface area contributed by atoms with Gasteiger partial charge in [-0.3, -0.25) is 9.59 Å². The van der Waals surface area contributed by atoms with Crippen LogP contribution in [0, 0.1) is 18.8 Å². The van der Waals surface area contributed by atoms with Crippen molar-refractivity contribution in [3.05, 3.63) is 47.1 Å². The van der Waals surface area contributed by atoms with Crippen LogP contribution in [0.15, 0.2) is 35.9 Å². The van der Waals surface area contributed by atoms with Gasteiger partial charge in [-0.1, -0.05) is 38.1 Å². The molecular formula is C33H47N3O6. The van der Waals surface area contributed by atoms with E-state index >= 15 is 0 Å². The van der Waals surface area contributed by atoms with E-state index in [0.29, 0.717) is 32.4 Å². The molecule has 3 aliphatic heterocycles. The number of aryl methyl sites for hydroxylation is 1. The number of cyclic esters (lactones) is 1. The minimum absolute atomic E-state index is 0.0377. The lowest BCUT2D eigenvalue weighted by molar-refractivity contribution is -0.151. The summed E-state index contributed by atoms with van der Waals surface area (Å²) in [6, 6.07) is 6.02. The number of aliphatic hydroxyl groups excluding tert-OH is 1. The van der Waals surface area contributed by atoms with Crippen molar-refractivity contribution in [3.63, 3.8) is 0 Å². The maximum atomic E-state index is 13.0. The number of piperazine rings is 1.